The van der Waals surface area contributed by atoms with Gasteiger partial charge < -0.3 is 4.74 Å². The third-order valence-corrected chi connectivity index (χ3v) is 1.90. The number of carbonyl (C=O) groups is 1. The van der Waals surface area contributed by atoms with E-state index in [1.54, 1.807) is 0 Å². The molecule has 0 heterocycles. The fraction of sp³-hybridized carbons (Fsp3) is 0.300. The van der Waals surface area contributed by atoms with Crippen LogP contribution in [-0.2, 0) is 10.9 Å². The minimum Gasteiger partial charge on any atom is -0.448 e. The molecular weight excluding hydrogens is 259 g/mol. The van der Waals surface area contributed by atoms with E-state index >= 15 is 0 Å². The molecule has 0 aliphatic rings. The smallest absolute Gasteiger partial charge is 0.416 e. The summed E-state index contributed by atoms with van der Waals surface area (Å²) in [7, 11) is 0. The zero-order valence-electron chi connectivity index (χ0n) is 8.55. The molecule has 0 unspecified atom stereocenters. The molecule has 3 nitrogen and oxygen atoms in total. The van der Waals surface area contributed by atoms with Crippen molar-refractivity contribution in [3.8, 4) is 0 Å². The molecule has 0 aliphatic heterocycles. The first-order valence-electron chi connectivity index (χ1n) is 4.60. The van der Waals surface area contributed by atoms with Gasteiger partial charge in [-0.3, -0.25) is 5.32 Å². The molecule has 1 aromatic rings. The number of nitrogens with one attached hydrogen (secondary N) is 1. The van der Waals surface area contributed by atoms with Crippen LogP contribution in [0.5, 0.6) is 0 Å². The van der Waals surface area contributed by atoms with Gasteiger partial charge >= 0.3 is 12.3 Å². The Morgan fingerprint density at radius 3 is 2.71 bits per heavy atom. The van der Waals surface area contributed by atoms with Crippen molar-refractivity contribution in [2.75, 3.05) is 17.8 Å². The van der Waals surface area contributed by atoms with Crippen LogP contribution in [0.2, 0.25) is 0 Å². The van der Waals surface area contributed by atoms with E-state index in [9.17, 15) is 18.0 Å². The Kier molecular flexibility index (Phi) is 4.62. The molecule has 1 aromatic carbocycles. The Morgan fingerprint density at radius 2 is 2.12 bits per heavy atom. The molecular formula is C10H9ClF3NO2. The lowest BCUT2D eigenvalue weighted by Crippen LogP contribution is -2.15. The Labute approximate surface area is 101 Å². The van der Waals surface area contributed by atoms with Crippen molar-refractivity contribution < 1.29 is 22.7 Å². The van der Waals surface area contributed by atoms with Crippen LogP contribution in [0.4, 0.5) is 23.7 Å². The molecule has 0 aromatic heterocycles. The van der Waals surface area contributed by atoms with Crippen LogP contribution in [0.25, 0.3) is 0 Å². The lowest BCUT2D eigenvalue weighted by atomic mass is 10.2. The molecule has 0 atom stereocenters. The SMILES string of the molecule is O=C(Nc1cccc(C(F)(F)F)c1)OCCCl. The van der Waals surface area contributed by atoms with Crippen LogP contribution in [0.1, 0.15) is 5.56 Å². The van der Waals surface area contributed by atoms with Gasteiger partial charge in [-0.25, -0.2) is 4.79 Å². The number of benzene rings is 1. The maximum Gasteiger partial charge on any atom is 0.416 e. The lowest BCUT2D eigenvalue weighted by molar-refractivity contribution is -0.137. The topological polar surface area (TPSA) is 38.3 Å². The van der Waals surface area contributed by atoms with Crippen LogP contribution in [-0.4, -0.2) is 18.6 Å². The van der Waals surface area contributed by atoms with Gasteiger partial charge in [0.1, 0.15) is 6.61 Å². The van der Waals surface area contributed by atoms with E-state index < -0.39 is 17.8 Å². The molecule has 0 saturated heterocycles. The van der Waals surface area contributed by atoms with Gasteiger partial charge in [0, 0.05) is 5.69 Å². The minimum atomic E-state index is -4.45. The first-order chi connectivity index (χ1) is 7.93. The quantitative estimate of drug-likeness (QED) is 0.852. The highest BCUT2D eigenvalue weighted by Gasteiger charge is 2.30. The summed E-state index contributed by atoms with van der Waals surface area (Å²) in [5, 5.41) is 2.17. The van der Waals surface area contributed by atoms with Crippen molar-refractivity contribution in [1.29, 1.82) is 0 Å². The number of ether oxygens (including phenoxy) is 1. The maximum absolute atomic E-state index is 12.3. The number of hydrogen-bond donors (Lipinski definition) is 1. The molecule has 1 rings (SSSR count). The molecule has 1 N–H and O–H groups in total. The van der Waals surface area contributed by atoms with Gasteiger partial charge in [0.25, 0.3) is 0 Å². The summed E-state index contributed by atoms with van der Waals surface area (Å²) in [6, 6.07) is 4.26. The first kappa shape index (κ1) is 13.6. The molecule has 0 aliphatic carbocycles. The number of hydrogen-bond acceptors (Lipinski definition) is 2. The van der Waals surface area contributed by atoms with E-state index in [0.717, 1.165) is 12.1 Å². The van der Waals surface area contributed by atoms with Crippen molar-refractivity contribution in [3.63, 3.8) is 0 Å². The largest absolute Gasteiger partial charge is 0.448 e. The molecule has 0 bridgehead atoms. The van der Waals surface area contributed by atoms with Crippen LogP contribution in [0.3, 0.4) is 0 Å². The van der Waals surface area contributed by atoms with E-state index in [4.69, 9.17) is 11.6 Å². The summed E-state index contributed by atoms with van der Waals surface area (Å²) in [5.41, 5.74) is -0.827. The second-order valence-electron chi connectivity index (χ2n) is 3.03. The molecule has 1 amide bonds. The van der Waals surface area contributed by atoms with Crippen molar-refractivity contribution in [1.82, 2.24) is 0 Å². The van der Waals surface area contributed by atoms with E-state index in [1.165, 1.54) is 12.1 Å². The second kappa shape index (κ2) is 5.77. The third-order valence-electron chi connectivity index (χ3n) is 1.75. The van der Waals surface area contributed by atoms with Gasteiger partial charge in [0.05, 0.1) is 11.4 Å². The highest BCUT2D eigenvalue weighted by molar-refractivity contribution is 6.18. The van der Waals surface area contributed by atoms with Gasteiger partial charge in [-0.2, -0.15) is 13.2 Å². The lowest BCUT2D eigenvalue weighted by Gasteiger charge is -2.09. The van der Waals surface area contributed by atoms with E-state index in [-0.39, 0.29) is 18.2 Å². The third kappa shape index (κ3) is 4.52. The maximum atomic E-state index is 12.3. The predicted molar refractivity (Wildman–Crippen MR) is 57.1 cm³/mol. The number of rotatable bonds is 3. The van der Waals surface area contributed by atoms with Gasteiger partial charge in [-0.15, -0.1) is 11.6 Å². The van der Waals surface area contributed by atoms with Crippen LogP contribution in [0.15, 0.2) is 24.3 Å². The van der Waals surface area contributed by atoms with Crippen molar-refractivity contribution in [3.05, 3.63) is 29.8 Å². The summed E-state index contributed by atoms with van der Waals surface area (Å²) >= 11 is 5.28. The summed E-state index contributed by atoms with van der Waals surface area (Å²) in [6.07, 6.45) is -5.29. The van der Waals surface area contributed by atoms with E-state index in [2.05, 4.69) is 10.1 Å². The van der Waals surface area contributed by atoms with Gasteiger partial charge in [-0.1, -0.05) is 6.07 Å². The summed E-state index contributed by atoms with van der Waals surface area (Å²) < 4.78 is 41.6. The minimum absolute atomic E-state index is 0.00759. The average molecular weight is 268 g/mol. The van der Waals surface area contributed by atoms with Crippen molar-refractivity contribution in [2.24, 2.45) is 0 Å². The Bertz CT molecular complexity index is 395. The molecule has 0 fully saturated rings. The number of anilines is 1. The summed E-state index contributed by atoms with van der Waals surface area (Å²) in [4.78, 5) is 11.1. The monoisotopic (exact) mass is 267 g/mol. The predicted octanol–water partition coefficient (Wildman–Crippen LogP) is 3.49. The molecule has 7 heteroatoms. The fourth-order valence-electron chi connectivity index (χ4n) is 1.06. The number of amides is 1. The number of halogens is 4. The molecule has 17 heavy (non-hydrogen) atoms. The second-order valence-corrected chi connectivity index (χ2v) is 3.41. The van der Waals surface area contributed by atoms with E-state index in [1.807, 2.05) is 0 Å². The molecule has 0 radical (unpaired) electrons. The van der Waals surface area contributed by atoms with Crippen LogP contribution >= 0.6 is 11.6 Å². The Hall–Kier alpha value is -1.43. The Morgan fingerprint density at radius 1 is 1.41 bits per heavy atom. The van der Waals surface area contributed by atoms with Crippen LogP contribution < -0.4 is 5.32 Å². The zero-order chi connectivity index (χ0) is 12.9. The molecule has 0 saturated carbocycles. The molecule has 0 spiro atoms. The van der Waals surface area contributed by atoms with Crippen LogP contribution in [0, 0.1) is 0 Å². The average Bonchev–Trinajstić information content (AvgIpc) is 2.25. The Balaban J connectivity index is 2.69. The number of alkyl halides is 4. The standard InChI is InChI=1S/C10H9ClF3NO2/c11-4-5-17-9(16)15-8-3-1-2-7(6-8)10(12,13)14/h1-3,6H,4-5H2,(H,15,16). The van der Waals surface area contributed by atoms with Gasteiger partial charge in [0.2, 0.25) is 0 Å². The van der Waals surface area contributed by atoms with Crippen molar-refractivity contribution >= 4 is 23.4 Å². The highest BCUT2D eigenvalue weighted by atomic mass is 35.5. The highest BCUT2D eigenvalue weighted by Crippen LogP contribution is 2.30. The summed E-state index contributed by atoms with van der Waals surface area (Å²) in [5.74, 6) is 0.121. The van der Waals surface area contributed by atoms with Gasteiger partial charge in [-0.05, 0) is 18.2 Å². The summed E-state index contributed by atoms with van der Waals surface area (Å²) in [6.45, 7) is -0.00759. The zero-order valence-corrected chi connectivity index (χ0v) is 9.31. The van der Waals surface area contributed by atoms with E-state index in [0.29, 0.717) is 0 Å². The van der Waals surface area contributed by atoms with Crippen molar-refractivity contribution in [2.45, 2.75) is 6.18 Å². The van der Waals surface area contributed by atoms with Gasteiger partial charge in [0.15, 0.2) is 0 Å². The first-order valence-corrected chi connectivity index (χ1v) is 5.14. The fourth-order valence-corrected chi connectivity index (χ4v) is 1.14. The number of carbonyl (C=O) groups excluding carboxylic acids is 1. The molecule has 94 valence electrons. The normalized spacial score (nSPS) is 11.1.